The van der Waals surface area contributed by atoms with Crippen LogP contribution in [0.1, 0.15) is 21.7 Å². The van der Waals surface area contributed by atoms with Gasteiger partial charge in [-0.25, -0.2) is 0 Å². The van der Waals surface area contributed by atoms with E-state index in [2.05, 4.69) is 22.2 Å². The number of nitrogens with zero attached hydrogens (tertiary/aromatic N) is 2. The first-order valence-electron chi connectivity index (χ1n) is 7.14. The van der Waals surface area contributed by atoms with Crippen molar-refractivity contribution >= 4 is 17.2 Å². The molecule has 1 aromatic heterocycles. The van der Waals surface area contributed by atoms with Crippen molar-refractivity contribution in [3.05, 3.63) is 21.9 Å². The fraction of sp³-hybridized carbons (Fsp3) is 0.643. The Bertz CT molecular complexity index is 427. The van der Waals surface area contributed by atoms with E-state index in [1.54, 1.807) is 11.3 Å². The van der Waals surface area contributed by atoms with Crippen LogP contribution in [-0.2, 0) is 6.54 Å². The fourth-order valence-electron chi connectivity index (χ4n) is 2.31. The van der Waals surface area contributed by atoms with Gasteiger partial charge in [0.05, 0.1) is 5.56 Å². The van der Waals surface area contributed by atoms with Crippen LogP contribution in [0.15, 0.2) is 11.4 Å². The summed E-state index contributed by atoms with van der Waals surface area (Å²) in [7, 11) is 2.18. The molecule has 2 heterocycles. The van der Waals surface area contributed by atoms with Gasteiger partial charge in [-0.1, -0.05) is 0 Å². The lowest BCUT2D eigenvalue weighted by molar-refractivity contribution is 0.100. The van der Waals surface area contributed by atoms with Crippen LogP contribution in [0.2, 0.25) is 0 Å². The first-order chi connectivity index (χ1) is 9.65. The lowest BCUT2D eigenvalue weighted by Gasteiger charge is -2.32. The number of hydrogen-bond donors (Lipinski definition) is 2. The van der Waals surface area contributed by atoms with Crippen LogP contribution in [0.25, 0.3) is 0 Å². The Hall–Kier alpha value is -0.950. The van der Waals surface area contributed by atoms with E-state index in [1.807, 2.05) is 11.4 Å². The largest absolute Gasteiger partial charge is 0.366 e. The van der Waals surface area contributed by atoms with E-state index in [0.717, 1.165) is 26.1 Å². The van der Waals surface area contributed by atoms with Gasteiger partial charge in [0.15, 0.2) is 0 Å². The number of amides is 1. The van der Waals surface area contributed by atoms with Crippen molar-refractivity contribution in [2.24, 2.45) is 5.73 Å². The smallest absolute Gasteiger partial charge is 0.249 e. The van der Waals surface area contributed by atoms with Crippen molar-refractivity contribution in [3.8, 4) is 0 Å². The van der Waals surface area contributed by atoms with Crippen molar-refractivity contribution < 1.29 is 4.79 Å². The van der Waals surface area contributed by atoms with Crippen LogP contribution in [0.5, 0.6) is 0 Å². The Morgan fingerprint density at radius 1 is 1.40 bits per heavy atom. The highest BCUT2D eigenvalue weighted by molar-refractivity contribution is 7.10. The molecular formula is C14H24N4OS. The highest BCUT2D eigenvalue weighted by atomic mass is 32.1. The van der Waals surface area contributed by atoms with Gasteiger partial charge >= 0.3 is 0 Å². The summed E-state index contributed by atoms with van der Waals surface area (Å²) in [5.74, 6) is -0.345. The molecule has 0 bridgehead atoms. The van der Waals surface area contributed by atoms with E-state index in [0.29, 0.717) is 5.56 Å². The Morgan fingerprint density at radius 3 is 2.80 bits per heavy atom. The van der Waals surface area contributed by atoms with E-state index in [9.17, 15) is 4.79 Å². The Kier molecular flexibility index (Phi) is 5.97. The second-order valence-corrected chi connectivity index (χ2v) is 6.34. The summed E-state index contributed by atoms with van der Waals surface area (Å²) in [6.07, 6.45) is 1.16. The van der Waals surface area contributed by atoms with Crippen LogP contribution >= 0.6 is 11.3 Å². The van der Waals surface area contributed by atoms with E-state index >= 15 is 0 Å². The summed E-state index contributed by atoms with van der Waals surface area (Å²) in [5.41, 5.74) is 5.85. The predicted octanol–water partition coefficient (Wildman–Crippen LogP) is 0.574. The molecule has 112 valence electrons. The third-order valence-electron chi connectivity index (χ3n) is 3.66. The van der Waals surface area contributed by atoms with E-state index in [-0.39, 0.29) is 5.91 Å². The SMILES string of the molecule is CN1CCN(CCCNCc2cc(C(N)=O)cs2)CC1. The highest BCUT2D eigenvalue weighted by Crippen LogP contribution is 2.13. The summed E-state index contributed by atoms with van der Waals surface area (Å²) < 4.78 is 0. The summed E-state index contributed by atoms with van der Waals surface area (Å²) >= 11 is 1.58. The van der Waals surface area contributed by atoms with Crippen molar-refractivity contribution in [1.82, 2.24) is 15.1 Å². The molecule has 0 aromatic carbocycles. The minimum Gasteiger partial charge on any atom is -0.366 e. The molecule has 1 fully saturated rings. The van der Waals surface area contributed by atoms with E-state index in [4.69, 9.17) is 5.73 Å². The van der Waals surface area contributed by atoms with Crippen LogP contribution < -0.4 is 11.1 Å². The average molecular weight is 296 g/mol. The molecule has 6 heteroatoms. The molecule has 5 nitrogen and oxygen atoms in total. The molecule has 20 heavy (non-hydrogen) atoms. The number of piperazine rings is 1. The Labute approximate surface area is 124 Å². The maximum absolute atomic E-state index is 11.0. The van der Waals surface area contributed by atoms with Gasteiger partial charge in [0, 0.05) is 43.0 Å². The van der Waals surface area contributed by atoms with Crippen molar-refractivity contribution in [1.29, 1.82) is 0 Å². The quantitative estimate of drug-likeness (QED) is 0.722. The Balaban J connectivity index is 1.56. The summed E-state index contributed by atoms with van der Waals surface area (Å²) in [6.45, 7) is 7.72. The standard InChI is InChI=1S/C14H24N4OS/c1-17-5-7-18(8-6-17)4-2-3-16-10-13-9-12(11-20-13)14(15)19/h9,11,16H,2-8,10H2,1H3,(H2,15,19). The third-order valence-corrected chi connectivity index (χ3v) is 4.60. The van der Waals surface area contributed by atoms with Gasteiger partial charge in [-0.15, -0.1) is 11.3 Å². The summed E-state index contributed by atoms with van der Waals surface area (Å²) in [4.78, 5) is 17.1. The van der Waals surface area contributed by atoms with Crippen molar-refractivity contribution in [2.75, 3.05) is 46.3 Å². The molecule has 1 saturated heterocycles. The molecule has 1 amide bonds. The van der Waals surface area contributed by atoms with E-state index < -0.39 is 0 Å². The maximum atomic E-state index is 11.0. The molecule has 0 radical (unpaired) electrons. The zero-order chi connectivity index (χ0) is 14.4. The molecule has 1 aromatic rings. The van der Waals surface area contributed by atoms with E-state index in [1.165, 1.54) is 31.1 Å². The predicted molar refractivity (Wildman–Crippen MR) is 83.1 cm³/mol. The lowest BCUT2D eigenvalue weighted by atomic mass is 10.3. The molecule has 0 spiro atoms. The lowest BCUT2D eigenvalue weighted by Crippen LogP contribution is -2.45. The van der Waals surface area contributed by atoms with Crippen molar-refractivity contribution in [2.45, 2.75) is 13.0 Å². The monoisotopic (exact) mass is 296 g/mol. The molecule has 1 aliphatic heterocycles. The second-order valence-electron chi connectivity index (χ2n) is 5.34. The number of primary amides is 1. The topological polar surface area (TPSA) is 61.6 Å². The molecule has 3 N–H and O–H groups in total. The van der Waals surface area contributed by atoms with Gasteiger partial charge in [-0.2, -0.15) is 0 Å². The van der Waals surface area contributed by atoms with Gasteiger partial charge in [-0.05, 0) is 32.6 Å². The van der Waals surface area contributed by atoms with Gasteiger partial charge in [0.25, 0.3) is 0 Å². The minimum atomic E-state index is -0.345. The molecular weight excluding hydrogens is 272 g/mol. The molecule has 2 rings (SSSR count). The zero-order valence-electron chi connectivity index (χ0n) is 12.1. The van der Waals surface area contributed by atoms with Gasteiger partial charge in [0.1, 0.15) is 0 Å². The maximum Gasteiger partial charge on any atom is 0.249 e. The fourth-order valence-corrected chi connectivity index (χ4v) is 3.16. The first kappa shape index (κ1) is 15.4. The highest BCUT2D eigenvalue weighted by Gasteiger charge is 2.12. The van der Waals surface area contributed by atoms with Crippen molar-refractivity contribution in [3.63, 3.8) is 0 Å². The number of carbonyl (C=O) groups excluding carboxylic acids is 1. The first-order valence-corrected chi connectivity index (χ1v) is 8.02. The van der Waals surface area contributed by atoms with Crippen LogP contribution in [0.3, 0.4) is 0 Å². The van der Waals surface area contributed by atoms with Crippen LogP contribution in [-0.4, -0.2) is 62.0 Å². The van der Waals surface area contributed by atoms with Crippen LogP contribution in [0.4, 0.5) is 0 Å². The molecule has 0 unspecified atom stereocenters. The van der Waals surface area contributed by atoms with Crippen LogP contribution in [0, 0.1) is 0 Å². The number of hydrogen-bond acceptors (Lipinski definition) is 5. The number of likely N-dealkylation sites (N-methyl/N-ethyl adjacent to an activating group) is 1. The minimum absolute atomic E-state index is 0.345. The number of nitrogens with two attached hydrogens (primary N) is 1. The molecule has 0 saturated carbocycles. The molecule has 0 aliphatic carbocycles. The van der Waals surface area contributed by atoms with Gasteiger partial charge in [0.2, 0.25) is 5.91 Å². The zero-order valence-corrected chi connectivity index (χ0v) is 12.9. The normalized spacial score (nSPS) is 17.4. The number of rotatable bonds is 7. The number of nitrogens with one attached hydrogen (secondary N) is 1. The van der Waals surface area contributed by atoms with Gasteiger partial charge in [-0.3, -0.25) is 4.79 Å². The summed E-state index contributed by atoms with van der Waals surface area (Å²) in [6, 6.07) is 1.88. The third kappa shape index (κ3) is 4.86. The summed E-state index contributed by atoms with van der Waals surface area (Å²) in [5, 5.41) is 5.25. The van der Waals surface area contributed by atoms with Gasteiger partial charge < -0.3 is 20.9 Å². The average Bonchev–Trinajstić information content (AvgIpc) is 2.89. The number of thiophene rings is 1. The molecule has 0 atom stereocenters. The Morgan fingerprint density at radius 2 is 2.15 bits per heavy atom. The second kappa shape index (κ2) is 7.73. The molecule has 1 aliphatic rings. The number of carbonyl (C=O) groups is 1.